The number of furan rings is 1. The highest BCUT2D eigenvalue weighted by molar-refractivity contribution is 7.89. The van der Waals surface area contributed by atoms with Crippen molar-refractivity contribution in [3.8, 4) is 5.75 Å². The van der Waals surface area contributed by atoms with Gasteiger partial charge in [0.1, 0.15) is 17.6 Å². The minimum absolute atomic E-state index is 0.108. The van der Waals surface area contributed by atoms with Gasteiger partial charge in [-0.1, -0.05) is 0 Å². The number of hydrogen-bond acceptors (Lipinski definition) is 5. The van der Waals surface area contributed by atoms with Crippen LogP contribution in [-0.4, -0.2) is 26.7 Å². The lowest BCUT2D eigenvalue weighted by Gasteiger charge is -2.12. The number of hydrogen-bond donors (Lipinski definition) is 2. The summed E-state index contributed by atoms with van der Waals surface area (Å²) in [7, 11) is -3.63. The third kappa shape index (κ3) is 4.57. The molecule has 1 aromatic heterocycles. The van der Waals surface area contributed by atoms with Crippen molar-refractivity contribution < 1.29 is 22.7 Å². The fourth-order valence-corrected chi connectivity index (χ4v) is 3.28. The second kappa shape index (κ2) is 7.63. The van der Waals surface area contributed by atoms with Gasteiger partial charge < -0.3 is 14.3 Å². The molecule has 0 aliphatic heterocycles. The van der Waals surface area contributed by atoms with Gasteiger partial charge in [0, 0.05) is 6.54 Å². The quantitative estimate of drug-likeness (QED) is 0.771. The maximum atomic E-state index is 12.3. The van der Waals surface area contributed by atoms with Crippen LogP contribution < -0.4 is 9.46 Å². The number of nitrogens with one attached hydrogen (secondary N) is 1. The van der Waals surface area contributed by atoms with Gasteiger partial charge in [0.25, 0.3) is 0 Å². The van der Waals surface area contributed by atoms with Gasteiger partial charge in [-0.3, -0.25) is 0 Å². The molecule has 0 bridgehead atoms. The number of aryl methyl sites for hydroxylation is 1. The van der Waals surface area contributed by atoms with Crippen molar-refractivity contribution in [3.05, 3.63) is 47.9 Å². The predicted octanol–water partition coefficient (Wildman–Crippen LogP) is 2.39. The molecule has 0 fully saturated rings. The average Bonchev–Trinajstić information content (AvgIpc) is 3.03. The van der Waals surface area contributed by atoms with Gasteiger partial charge in [-0.15, -0.1) is 0 Å². The van der Waals surface area contributed by atoms with Gasteiger partial charge in [-0.05, 0) is 56.2 Å². The monoisotopic (exact) mass is 339 g/mol. The summed E-state index contributed by atoms with van der Waals surface area (Å²) in [5.41, 5.74) is 0.755. The van der Waals surface area contributed by atoms with Gasteiger partial charge >= 0.3 is 0 Å². The van der Waals surface area contributed by atoms with Crippen LogP contribution in [0.15, 0.2) is 45.9 Å². The molecular formula is C16H21NO5S. The lowest BCUT2D eigenvalue weighted by Crippen LogP contribution is -2.26. The van der Waals surface area contributed by atoms with Crippen molar-refractivity contribution >= 4 is 10.0 Å². The van der Waals surface area contributed by atoms with Crippen LogP contribution in [0.25, 0.3) is 0 Å². The normalized spacial score (nSPS) is 13.0. The summed E-state index contributed by atoms with van der Waals surface area (Å²) in [6.07, 6.45) is 0.850. The van der Waals surface area contributed by atoms with Crippen LogP contribution in [0.4, 0.5) is 0 Å². The van der Waals surface area contributed by atoms with Crippen molar-refractivity contribution in [2.45, 2.75) is 31.3 Å². The molecule has 6 nitrogen and oxygen atoms in total. The van der Waals surface area contributed by atoms with Crippen LogP contribution in [-0.2, 0) is 10.0 Å². The summed E-state index contributed by atoms with van der Waals surface area (Å²) in [6.45, 7) is 4.30. The first kappa shape index (κ1) is 17.5. The number of aliphatic hydroxyl groups is 1. The predicted molar refractivity (Wildman–Crippen MR) is 85.8 cm³/mol. The molecule has 1 atom stereocenters. The minimum Gasteiger partial charge on any atom is -0.494 e. The zero-order valence-corrected chi connectivity index (χ0v) is 14.0. The molecule has 2 rings (SSSR count). The molecule has 126 valence electrons. The summed E-state index contributed by atoms with van der Waals surface area (Å²) in [5.74, 6) is 1.08. The Morgan fingerprint density at radius 1 is 1.35 bits per heavy atom. The largest absolute Gasteiger partial charge is 0.494 e. The number of benzene rings is 1. The topological polar surface area (TPSA) is 88.8 Å². The smallest absolute Gasteiger partial charge is 0.240 e. The molecule has 2 N–H and O–H groups in total. The van der Waals surface area contributed by atoms with Crippen molar-refractivity contribution in [2.24, 2.45) is 0 Å². The van der Waals surface area contributed by atoms with Crippen LogP contribution >= 0.6 is 0 Å². The second-order valence-corrected chi connectivity index (χ2v) is 6.84. The van der Waals surface area contributed by atoms with Crippen molar-refractivity contribution in [2.75, 3.05) is 13.2 Å². The van der Waals surface area contributed by atoms with E-state index in [0.29, 0.717) is 18.1 Å². The third-order valence-electron chi connectivity index (χ3n) is 3.34. The third-order valence-corrected chi connectivity index (χ3v) is 4.80. The molecule has 1 aromatic carbocycles. The van der Waals surface area contributed by atoms with E-state index >= 15 is 0 Å². The molecule has 2 aromatic rings. The van der Waals surface area contributed by atoms with Crippen LogP contribution in [0.1, 0.15) is 30.8 Å². The number of aliphatic hydroxyl groups excluding tert-OH is 1. The van der Waals surface area contributed by atoms with E-state index in [0.717, 1.165) is 5.56 Å². The van der Waals surface area contributed by atoms with Gasteiger partial charge in [-0.25, -0.2) is 13.1 Å². The van der Waals surface area contributed by atoms with E-state index < -0.39 is 16.1 Å². The first-order chi connectivity index (χ1) is 10.9. The van der Waals surface area contributed by atoms with Gasteiger partial charge in [0.2, 0.25) is 10.0 Å². The molecule has 7 heteroatoms. The Balaban J connectivity index is 1.97. The maximum absolute atomic E-state index is 12.3. The second-order valence-electron chi connectivity index (χ2n) is 5.08. The Morgan fingerprint density at radius 3 is 2.74 bits per heavy atom. The highest BCUT2D eigenvalue weighted by atomic mass is 32.2. The van der Waals surface area contributed by atoms with E-state index in [1.165, 1.54) is 12.3 Å². The molecule has 0 saturated heterocycles. The molecule has 0 unspecified atom stereocenters. The highest BCUT2D eigenvalue weighted by Crippen LogP contribution is 2.22. The van der Waals surface area contributed by atoms with E-state index in [1.54, 1.807) is 31.2 Å². The summed E-state index contributed by atoms with van der Waals surface area (Å²) in [4.78, 5) is 0.172. The van der Waals surface area contributed by atoms with Crippen LogP contribution in [0.2, 0.25) is 0 Å². The standard InChI is InChI=1S/C16H21NO5S/c1-3-21-15-7-6-13(11-12(15)2)23(19,20)17-9-8-14(18)16-5-4-10-22-16/h4-7,10-11,14,17-18H,3,8-9H2,1-2H3/t14-/m0/s1. The average molecular weight is 339 g/mol. The first-order valence-electron chi connectivity index (χ1n) is 7.38. The fraction of sp³-hybridized carbons (Fsp3) is 0.375. The Morgan fingerprint density at radius 2 is 2.13 bits per heavy atom. The molecule has 0 spiro atoms. The van der Waals surface area contributed by atoms with Gasteiger partial charge in [0.05, 0.1) is 17.8 Å². The van der Waals surface area contributed by atoms with Crippen molar-refractivity contribution in [1.82, 2.24) is 4.72 Å². The summed E-state index contributed by atoms with van der Waals surface area (Å²) in [5, 5.41) is 9.87. The molecule has 0 saturated carbocycles. The van der Waals surface area contributed by atoms with E-state index in [9.17, 15) is 13.5 Å². The number of ether oxygens (including phenoxy) is 1. The number of sulfonamides is 1. The summed E-state index contributed by atoms with van der Waals surface area (Å²) < 4.78 is 37.5. The Bertz CT molecular complexity index is 725. The molecule has 0 aliphatic carbocycles. The SMILES string of the molecule is CCOc1ccc(S(=O)(=O)NCC[C@H](O)c2ccco2)cc1C. The van der Waals surface area contributed by atoms with Crippen molar-refractivity contribution in [3.63, 3.8) is 0 Å². The Labute approximate surface area is 136 Å². The highest BCUT2D eigenvalue weighted by Gasteiger charge is 2.17. The summed E-state index contributed by atoms with van der Waals surface area (Å²) in [6, 6.07) is 8.03. The zero-order chi connectivity index (χ0) is 16.9. The van der Waals surface area contributed by atoms with Crippen LogP contribution in [0.3, 0.4) is 0 Å². The van der Waals surface area contributed by atoms with E-state index in [4.69, 9.17) is 9.15 Å². The molecule has 23 heavy (non-hydrogen) atoms. The summed E-state index contributed by atoms with van der Waals surface area (Å²) >= 11 is 0. The molecule has 0 amide bonds. The number of rotatable bonds is 8. The lowest BCUT2D eigenvalue weighted by molar-refractivity contribution is 0.142. The zero-order valence-electron chi connectivity index (χ0n) is 13.2. The van der Waals surface area contributed by atoms with Crippen molar-refractivity contribution in [1.29, 1.82) is 0 Å². The molecule has 0 aliphatic rings. The fourth-order valence-electron chi connectivity index (χ4n) is 2.14. The maximum Gasteiger partial charge on any atom is 0.240 e. The molecule has 1 heterocycles. The molecule has 0 radical (unpaired) electrons. The van der Waals surface area contributed by atoms with Gasteiger partial charge in [-0.2, -0.15) is 0 Å². The Hall–Kier alpha value is -1.83. The van der Waals surface area contributed by atoms with Crippen LogP contribution in [0, 0.1) is 6.92 Å². The lowest BCUT2D eigenvalue weighted by atomic mass is 10.2. The minimum atomic E-state index is -3.63. The van der Waals surface area contributed by atoms with E-state index in [2.05, 4.69) is 4.72 Å². The van der Waals surface area contributed by atoms with Crippen LogP contribution in [0.5, 0.6) is 5.75 Å². The van der Waals surface area contributed by atoms with Gasteiger partial charge in [0.15, 0.2) is 0 Å². The van der Waals surface area contributed by atoms with E-state index in [1.807, 2.05) is 6.92 Å². The molecular weight excluding hydrogens is 318 g/mol. The van der Waals surface area contributed by atoms with E-state index in [-0.39, 0.29) is 17.9 Å². The Kier molecular flexibility index (Phi) is 5.81. The first-order valence-corrected chi connectivity index (χ1v) is 8.87.